The molecular weight excluding hydrogens is 181 g/mol. The summed E-state index contributed by atoms with van der Waals surface area (Å²) in [4.78, 5) is 3.90. The molecule has 0 radical (unpaired) electrons. The van der Waals surface area contributed by atoms with Gasteiger partial charge in [0.15, 0.2) is 5.82 Å². The topological polar surface area (TPSA) is 41.6 Å². The van der Waals surface area contributed by atoms with E-state index in [0.29, 0.717) is 11.4 Å². The Morgan fingerprint density at radius 2 is 2.29 bits per heavy atom. The summed E-state index contributed by atoms with van der Waals surface area (Å²) in [7, 11) is 0. The smallest absolute Gasteiger partial charge is 0.158 e. The van der Waals surface area contributed by atoms with Crippen molar-refractivity contribution in [2.24, 2.45) is 0 Å². The van der Waals surface area contributed by atoms with Crippen molar-refractivity contribution < 1.29 is 4.39 Å². The fraction of sp³-hybridized carbons (Fsp3) is 0.200. The van der Waals surface area contributed by atoms with Gasteiger partial charge in [-0.15, -0.1) is 0 Å². The Labute approximate surface area is 81.0 Å². The summed E-state index contributed by atoms with van der Waals surface area (Å²) >= 11 is 0. The van der Waals surface area contributed by atoms with Crippen LogP contribution in [0.15, 0.2) is 24.5 Å². The Bertz CT molecular complexity index is 423. The van der Waals surface area contributed by atoms with Gasteiger partial charge in [-0.1, -0.05) is 13.0 Å². The Kier molecular flexibility index (Phi) is 2.26. The number of rotatable bonds is 2. The molecule has 4 heteroatoms. The summed E-state index contributed by atoms with van der Waals surface area (Å²) in [5, 5.41) is 6.31. The van der Waals surface area contributed by atoms with Gasteiger partial charge in [0.25, 0.3) is 0 Å². The summed E-state index contributed by atoms with van der Waals surface area (Å²) in [5.74, 6) is 0.200. The molecule has 1 aromatic carbocycles. The lowest BCUT2D eigenvalue weighted by Crippen LogP contribution is -1.89. The van der Waals surface area contributed by atoms with Crippen LogP contribution in [0.4, 0.5) is 4.39 Å². The molecule has 0 fully saturated rings. The maximum atomic E-state index is 13.5. The van der Waals surface area contributed by atoms with Crippen LogP contribution in [0, 0.1) is 5.82 Å². The molecule has 0 saturated heterocycles. The van der Waals surface area contributed by atoms with Crippen molar-refractivity contribution in [2.45, 2.75) is 13.3 Å². The molecule has 0 atom stereocenters. The molecule has 2 aromatic rings. The summed E-state index contributed by atoms with van der Waals surface area (Å²) in [6.07, 6.45) is 2.19. The predicted octanol–water partition coefficient (Wildman–Crippen LogP) is 2.17. The SMILES string of the molecule is CCc1ccc(-c2ncn[nH]2)c(F)c1. The normalized spacial score (nSPS) is 10.4. The van der Waals surface area contributed by atoms with Gasteiger partial charge < -0.3 is 0 Å². The molecule has 0 spiro atoms. The largest absolute Gasteiger partial charge is 0.259 e. The Hall–Kier alpha value is -1.71. The van der Waals surface area contributed by atoms with E-state index >= 15 is 0 Å². The average Bonchev–Trinajstić information content (AvgIpc) is 2.70. The summed E-state index contributed by atoms with van der Waals surface area (Å²) < 4.78 is 13.5. The number of hydrogen-bond donors (Lipinski definition) is 1. The number of aromatic nitrogens is 3. The number of aromatic amines is 1. The minimum Gasteiger partial charge on any atom is -0.259 e. The van der Waals surface area contributed by atoms with Crippen molar-refractivity contribution >= 4 is 0 Å². The monoisotopic (exact) mass is 191 g/mol. The van der Waals surface area contributed by atoms with Gasteiger partial charge >= 0.3 is 0 Å². The third kappa shape index (κ3) is 1.51. The lowest BCUT2D eigenvalue weighted by atomic mass is 10.1. The van der Waals surface area contributed by atoms with E-state index in [2.05, 4.69) is 15.2 Å². The van der Waals surface area contributed by atoms with E-state index in [9.17, 15) is 4.39 Å². The molecule has 0 aliphatic heterocycles. The number of H-pyrrole nitrogens is 1. The second-order valence-corrected chi connectivity index (χ2v) is 3.00. The van der Waals surface area contributed by atoms with Gasteiger partial charge in [0.1, 0.15) is 12.1 Å². The van der Waals surface area contributed by atoms with Gasteiger partial charge in [0, 0.05) is 0 Å². The summed E-state index contributed by atoms with van der Waals surface area (Å²) in [6.45, 7) is 1.99. The van der Waals surface area contributed by atoms with Crippen LogP contribution in [0.5, 0.6) is 0 Å². The lowest BCUT2D eigenvalue weighted by molar-refractivity contribution is 0.628. The number of hydrogen-bond acceptors (Lipinski definition) is 2. The molecule has 14 heavy (non-hydrogen) atoms. The molecule has 0 aliphatic rings. The van der Waals surface area contributed by atoms with Crippen LogP contribution in [0.25, 0.3) is 11.4 Å². The van der Waals surface area contributed by atoms with Crippen LogP contribution in [0.3, 0.4) is 0 Å². The molecule has 1 N–H and O–H groups in total. The first-order chi connectivity index (χ1) is 6.81. The molecule has 0 amide bonds. The highest BCUT2D eigenvalue weighted by Gasteiger charge is 2.07. The summed E-state index contributed by atoms with van der Waals surface area (Å²) in [5.41, 5.74) is 1.44. The molecular formula is C10H10FN3. The van der Waals surface area contributed by atoms with Crippen molar-refractivity contribution in [3.63, 3.8) is 0 Å². The van der Waals surface area contributed by atoms with Crippen molar-refractivity contribution in [1.29, 1.82) is 0 Å². The van der Waals surface area contributed by atoms with Gasteiger partial charge in [-0.05, 0) is 24.1 Å². The highest BCUT2D eigenvalue weighted by atomic mass is 19.1. The highest BCUT2D eigenvalue weighted by molar-refractivity contribution is 5.55. The van der Waals surface area contributed by atoms with Crippen LogP contribution in [-0.4, -0.2) is 15.2 Å². The maximum absolute atomic E-state index is 13.5. The van der Waals surface area contributed by atoms with Gasteiger partial charge in [0.2, 0.25) is 0 Å². The van der Waals surface area contributed by atoms with Gasteiger partial charge in [-0.25, -0.2) is 9.37 Å². The van der Waals surface area contributed by atoms with Gasteiger partial charge in [-0.2, -0.15) is 5.10 Å². The molecule has 72 valence electrons. The molecule has 3 nitrogen and oxygen atoms in total. The molecule has 0 unspecified atom stereocenters. The number of nitrogens with zero attached hydrogens (tertiary/aromatic N) is 2. The van der Waals surface area contributed by atoms with E-state index in [1.54, 1.807) is 6.07 Å². The molecule has 0 saturated carbocycles. The average molecular weight is 191 g/mol. The number of aryl methyl sites for hydroxylation is 1. The zero-order chi connectivity index (χ0) is 9.97. The van der Waals surface area contributed by atoms with E-state index in [1.165, 1.54) is 12.4 Å². The highest BCUT2D eigenvalue weighted by Crippen LogP contribution is 2.19. The van der Waals surface area contributed by atoms with E-state index < -0.39 is 0 Å². The molecule has 0 bridgehead atoms. The molecule has 1 heterocycles. The molecule has 1 aromatic heterocycles. The second-order valence-electron chi connectivity index (χ2n) is 3.00. The Morgan fingerprint density at radius 1 is 1.43 bits per heavy atom. The maximum Gasteiger partial charge on any atom is 0.158 e. The van der Waals surface area contributed by atoms with Crippen LogP contribution >= 0.6 is 0 Å². The van der Waals surface area contributed by atoms with E-state index in [0.717, 1.165) is 12.0 Å². The minimum absolute atomic E-state index is 0.263. The first-order valence-electron chi connectivity index (χ1n) is 4.45. The fourth-order valence-corrected chi connectivity index (χ4v) is 1.31. The molecule has 2 rings (SSSR count). The molecule has 0 aliphatic carbocycles. The van der Waals surface area contributed by atoms with E-state index in [-0.39, 0.29) is 5.82 Å². The third-order valence-corrected chi connectivity index (χ3v) is 2.11. The standard InChI is InChI=1S/C10H10FN3/c1-2-7-3-4-8(9(11)5-7)10-12-6-13-14-10/h3-6H,2H2,1H3,(H,12,13,14). The number of nitrogens with one attached hydrogen (secondary N) is 1. The van der Waals surface area contributed by atoms with Crippen LogP contribution in [0.2, 0.25) is 0 Å². The van der Waals surface area contributed by atoms with E-state index in [1.807, 2.05) is 13.0 Å². The quantitative estimate of drug-likeness (QED) is 0.790. The third-order valence-electron chi connectivity index (χ3n) is 2.11. The number of halogens is 1. The summed E-state index contributed by atoms with van der Waals surface area (Å²) in [6, 6.07) is 5.13. The van der Waals surface area contributed by atoms with E-state index in [4.69, 9.17) is 0 Å². The predicted molar refractivity (Wildman–Crippen MR) is 51.2 cm³/mol. The van der Waals surface area contributed by atoms with Gasteiger partial charge in [0.05, 0.1) is 5.56 Å². The second kappa shape index (κ2) is 3.57. The van der Waals surface area contributed by atoms with Crippen molar-refractivity contribution in [1.82, 2.24) is 15.2 Å². The van der Waals surface area contributed by atoms with Gasteiger partial charge in [-0.3, -0.25) is 5.10 Å². The Morgan fingerprint density at radius 3 is 2.86 bits per heavy atom. The van der Waals surface area contributed by atoms with Crippen molar-refractivity contribution in [3.8, 4) is 11.4 Å². The first kappa shape index (κ1) is 8.87. The zero-order valence-corrected chi connectivity index (χ0v) is 7.79. The van der Waals surface area contributed by atoms with Crippen LogP contribution < -0.4 is 0 Å². The minimum atomic E-state index is -0.263. The van der Waals surface area contributed by atoms with Crippen LogP contribution in [-0.2, 0) is 6.42 Å². The number of benzene rings is 1. The Balaban J connectivity index is 2.46. The fourth-order valence-electron chi connectivity index (χ4n) is 1.31. The lowest BCUT2D eigenvalue weighted by Gasteiger charge is -2.01. The van der Waals surface area contributed by atoms with Crippen molar-refractivity contribution in [2.75, 3.05) is 0 Å². The van der Waals surface area contributed by atoms with Crippen molar-refractivity contribution in [3.05, 3.63) is 35.9 Å². The first-order valence-corrected chi connectivity index (χ1v) is 4.45. The zero-order valence-electron chi connectivity index (χ0n) is 7.79. The van der Waals surface area contributed by atoms with Crippen LogP contribution in [0.1, 0.15) is 12.5 Å².